The van der Waals surface area contributed by atoms with Gasteiger partial charge in [0.25, 0.3) is 0 Å². The van der Waals surface area contributed by atoms with Crippen molar-refractivity contribution in [2.75, 3.05) is 11.5 Å². The van der Waals surface area contributed by atoms with Crippen LogP contribution in [0.4, 0.5) is 0 Å². The lowest BCUT2D eigenvalue weighted by Gasteiger charge is -2.07. The Morgan fingerprint density at radius 1 is 1.21 bits per heavy atom. The number of nitrogens with one attached hydrogen (secondary N) is 1. The molecule has 2 rings (SSSR count). The predicted molar refractivity (Wildman–Crippen MR) is 74.7 cm³/mol. The van der Waals surface area contributed by atoms with Gasteiger partial charge < -0.3 is 0 Å². The van der Waals surface area contributed by atoms with E-state index >= 15 is 0 Å². The second kappa shape index (κ2) is 6.50. The minimum absolute atomic E-state index is 0.0284. The first-order valence-electron chi connectivity index (χ1n) is 7.10. The van der Waals surface area contributed by atoms with E-state index in [9.17, 15) is 13.2 Å². The molecule has 1 aliphatic heterocycles. The van der Waals surface area contributed by atoms with E-state index in [1.807, 2.05) is 0 Å². The Bertz CT molecular complexity index is 447. The van der Waals surface area contributed by atoms with Crippen LogP contribution in [0.1, 0.15) is 51.4 Å². The maximum absolute atomic E-state index is 11.7. The number of hydrazone groups is 1. The average Bonchev–Trinajstić information content (AvgIpc) is 2.57. The van der Waals surface area contributed by atoms with E-state index in [-0.39, 0.29) is 29.8 Å². The molecule has 2 fully saturated rings. The zero-order valence-electron chi connectivity index (χ0n) is 11.2. The van der Waals surface area contributed by atoms with Crippen LogP contribution >= 0.6 is 0 Å². The first kappa shape index (κ1) is 14.5. The zero-order valence-corrected chi connectivity index (χ0v) is 12.0. The van der Waals surface area contributed by atoms with E-state index in [1.165, 1.54) is 12.8 Å². The molecule has 1 aliphatic carbocycles. The monoisotopic (exact) mass is 286 g/mol. The van der Waals surface area contributed by atoms with Crippen molar-refractivity contribution in [2.24, 2.45) is 11.0 Å². The molecule has 1 saturated carbocycles. The maximum Gasteiger partial charge on any atom is 0.240 e. The molecule has 2 aliphatic rings. The zero-order chi connectivity index (χ0) is 13.7. The molecule has 108 valence electrons. The first-order valence-corrected chi connectivity index (χ1v) is 8.92. The number of carbonyl (C=O) groups excluding carboxylic acids is 1. The highest BCUT2D eigenvalue weighted by molar-refractivity contribution is 7.91. The standard InChI is InChI=1S/C13H22N2O3S/c16-13(9-11-7-8-19(17,18)10-11)15-14-12-5-3-1-2-4-6-12/h11H,1-10H2,(H,15,16)/t11-/m0/s1. The summed E-state index contributed by atoms with van der Waals surface area (Å²) in [7, 11) is -2.90. The summed E-state index contributed by atoms with van der Waals surface area (Å²) in [6.07, 6.45) is 7.60. The average molecular weight is 286 g/mol. The third kappa shape index (κ3) is 4.93. The van der Waals surface area contributed by atoms with Crippen LogP contribution in [0.5, 0.6) is 0 Å². The van der Waals surface area contributed by atoms with Crippen LogP contribution in [0.15, 0.2) is 5.10 Å². The fourth-order valence-electron chi connectivity index (χ4n) is 2.73. The van der Waals surface area contributed by atoms with Gasteiger partial charge in [0.1, 0.15) is 0 Å². The van der Waals surface area contributed by atoms with Gasteiger partial charge in [-0.05, 0) is 38.0 Å². The maximum atomic E-state index is 11.7. The Kier molecular flexibility index (Phi) is 4.96. The molecule has 5 nitrogen and oxygen atoms in total. The highest BCUT2D eigenvalue weighted by atomic mass is 32.2. The third-order valence-electron chi connectivity index (χ3n) is 3.82. The van der Waals surface area contributed by atoms with Crippen LogP contribution in [-0.4, -0.2) is 31.5 Å². The SMILES string of the molecule is O=C(C[C@@H]1CCS(=O)(=O)C1)NN=C1CCCCCC1. The molecular formula is C13H22N2O3S. The van der Waals surface area contributed by atoms with Gasteiger partial charge in [0.15, 0.2) is 9.84 Å². The molecule has 0 aromatic rings. The molecule has 0 aromatic heterocycles. The lowest BCUT2D eigenvalue weighted by atomic mass is 10.1. The minimum Gasteiger partial charge on any atom is -0.273 e. The van der Waals surface area contributed by atoms with Gasteiger partial charge in [-0.2, -0.15) is 5.10 Å². The van der Waals surface area contributed by atoms with Gasteiger partial charge in [-0.25, -0.2) is 13.8 Å². The Balaban J connectivity index is 1.76. The van der Waals surface area contributed by atoms with Gasteiger partial charge in [-0.1, -0.05) is 12.8 Å². The van der Waals surface area contributed by atoms with Crippen molar-refractivity contribution in [1.82, 2.24) is 5.43 Å². The van der Waals surface area contributed by atoms with Gasteiger partial charge >= 0.3 is 0 Å². The summed E-state index contributed by atoms with van der Waals surface area (Å²) in [6, 6.07) is 0. The lowest BCUT2D eigenvalue weighted by molar-refractivity contribution is -0.121. The van der Waals surface area contributed by atoms with Gasteiger partial charge in [-0.15, -0.1) is 0 Å². The summed E-state index contributed by atoms with van der Waals surface area (Å²) < 4.78 is 22.6. The van der Waals surface area contributed by atoms with E-state index in [4.69, 9.17) is 0 Å². The molecular weight excluding hydrogens is 264 g/mol. The highest BCUT2D eigenvalue weighted by Gasteiger charge is 2.29. The number of carbonyl (C=O) groups is 1. The summed E-state index contributed by atoms with van der Waals surface area (Å²) in [6.45, 7) is 0. The van der Waals surface area contributed by atoms with Crippen LogP contribution in [0, 0.1) is 5.92 Å². The topological polar surface area (TPSA) is 75.6 Å². The van der Waals surface area contributed by atoms with Gasteiger partial charge in [0.05, 0.1) is 11.5 Å². The number of hydrogen-bond donors (Lipinski definition) is 1. The fraction of sp³-hybridized carbons (Fsp3) is 0.846. The van der Waals surface area contributed by atoms with Crippen LogP contribution in [0.3, 0.4) is 0 Å². The number of rotatable bonds is 3. The molecule has 0 unspecified atom stereocenters. The molecule has 19 heavy (non-hydrogen) atoms. The highest BCUT2D eigenvalue weighted by Crippen LogP contribution is 2.21. The summed E-state index contributed by atoms with van der Waals surface area (Å²) in [5, 5.41) is 4.19. The first-order chi connectivity index (χ1) is 9.05. The molecule has 1 heterocycles. The fourth-order valence-corrected chi connectivity index (χ4v) is 4.59. The Morgan fingerprint density at radius 2 is 1.89 bits per heavy atom. The van der Waals surface area contributed by atoms with Crippen molar-refractivity contribution < 1.29 is 13.2 Å². The van der Waals surface area contributed by atoms with Crippen LogP contribution in [0.2, 0.25) is 0 Å². The number of nitrogens with zero attached hydrogens (tertiary/aromatic N) is 1. The molecule has 1 amide bonds. The molecule has 0 spiro atoms. The van der Waals surface area contributed by atoms with E-state index in [2.05, 4.69) is 10.5 Å². The second-order valence-electron chi connectivity index (χ2n) is 5.60. The summed E-state index contributed by atoms with van der Waals surface area (Å²) >= 11 is 0. The summed E-state index contributed by atoms with van der Waals surface area (Å²) in [5.74, 6) is 0.189. The van der Waals surface area contributed by atoms with Crippen molar-refractivity contribution in [3.63, 3.8) is 0 Å². The van der Waals surface area contributed by atoms with Crippen LogP contribution < -0.4 is 5.43 Å². The lowest BCUT2D eigenvalue weighted by Crippen LogP contribution is -2.23. The van der Waals surface area contributed by atoms with Crippen LogP contribution in [0.25, 0.3) is 0 Å². The Morgan fingerprint density at radius 3 is 2.47 bits per heavy atom. The number of sulfone groups is 1. The summed E-state index contributed by atoms with van der Waals surface area (Å²) in [4.78, 5) is 11.7. The Labute approximate surface area is 114 Å². The van der Waals surface area contributed by atoms with Gasteiger partial charge in [-0.3, -0.25) is 4.79 Å². The van der Waals surface area contributed by atoms with Gasteiger partial charge in [0.2, 0.25) is 5.91 Å². The molecule has 0 bridgehead atoms. The van der Waals surface area contributed by atoms with Crippen molar-refractivity contribution in [2.45, 2.75) is 51.4 Å². The summed E-state index contributed by atoms with van der Waals surface area (Å²) in [5.41, 5.74) is 3.66. The van der Waals surface area contributed by atoms with E-state index in [1.54, 1.807) is 0 Å². The van der Waals surface area contributed by atoms with Crippen molar-refractivity contribution >= 4 is 21.5 Å². The molecule has 0 radical (unpaired) electrons. The number of hydrogen-bond acceptors (Lipinski definition) is 4. The smallest absolute Gasteiger partial charge is 0.240 e. The minimum atomic E-state index is -2.90. The molecule has 1 atom stereocenters. The normalized spacial score (nSPS) is 26.7. The molecule has 6 heteroatoms. The van der Waals surface area contributed by atoms with E-state index in [0.29, 0.717) is 6.42 Å². The molecule has 1 saturated heterocycles. The molecule has 1 N–H and O–H groups in total. The second-order valence-corrected chi connectivity index (χ2v) is 7.83. The van der Waals surface area contributed by atoms with E-state index in [0.717, 1.165) is 31.4 Å². The van der Waals surface area contributed by atoms with Crippen LogP contribution in [-0.2, 0) is 14.6 Å². The molecule has 0 aromatic carbocycles. The number of amides is 1. The third-order valence-corrected chi connectivity index (χ3v) is 5.66. The van der Waals surface area contributed by atoms with Crippen molar-refractivity contribution in [1.29, 1.82) is 0 Å². The van der Waals surface area contributed by atoms with Gasteiger partial charge in [0, 0.05) is 12.1 Å². The van der Waals surface area contributed by atoms with Crippen molar-refractivity contribution in [3.05, 3.63) is 0 Å². The predicted octanol–water partition coefficient (Wildman–Crippen LogP) is 1.64. The van der Waals surface area contributed by atoms with E-state index < -0.39 is 9.84 Å². The van der Waals surface area contributed by atoms with Crippen molar-refractivity contribution in [3.8, 4) is 0 Å². The largest absolute Gasteiger partial charge is 0.273 e. The Hall–Kier alpha value is -0.910. The quantitative estimate of drug-likeness (QED) is 0.633.